The summed E-state index contributed by atoms with van der Waals surface area (Å²) in [6.07, 6.45) is 4.04. The summed E-state index contributed by atoms with van der Waals surface area (Å²) in [5.74, 6) is -0.349. The van der Waals surface area contributed by atoms with Gasteiger partial charge in [-0.25, -0.2) is 0 Å². The van der Waals surface area contributed by atoms with Crippen molar-refractivity contribution in [3.63, 3.8) is 0 Å². The van der Waals surface area contributed by atoms with Gasteiger partial charge in [-0.05, 0) is 81.1 Å². The number of hydrogen-bond donors (Lipinski definition) is 7. The largest absolute Gasteiger partial charge is 0.490 e. The van der Waals surface area contributed by atoms with Crippen molar-refractivity contribution in [1.29, 1.82) is 5.41 Å². The van der Waals surface area contributed by atoms with Crippen molar-refractivity contribution in [3.05, 3.63) is 89.8 Å². The van der Waals surface area contributed by atoms with Gasteiger partial charge in [-0.15, -0.1) is 0 Å². The van der Waals surface area contributed by atoms with Crippen LogP contribution in [0, 0.1) is 5.41 Å². The van der Waals surface area contributed by atoms with Gasteiger partial charge < -0.3 is 32.0 Å². The highest BCUT2D eigenvalue weighted by atomic mass is 16.5. The molecule has 38 heavy (non-hydrogen) atoms. The van der Waals surface area contributed by atoms with E-state index in [9.17, 15) is 9.59 Å². The topological polar surface area (TPSA) is 191 Å². The van der Waals surface area contributed by atoms with Gasteiger partial charge in [-0.2, -0.15) is 0 Å². The van der Waals surface area contributed by atoms with Gasteiger partial charge >= 0.3 is 0 Å². The normalized spacial score (nSPS) is 12.1. The Kier molecular flexibility index (Phi) is 10.8. The number of carbonyl (C=O) groups excluding carboxylic acids is 2. The molecule has 11 heteroatoms. The number of hydrogen-bond acceptors (Lipinski definition) is 8. The molecule has 0 aliphatic heterocycles. The highest BCUT2D eigenvalue weighted by molar-refractivity contribution is 5.98. The van der Waals surface area contributed by atoms with E-state index in [1.54, 1.807) is 42.5 Å². The monoisotopic (exact) mass is 521 g/mol. The number of rotatable bonds is 12. The molecular formula is C27H35N7O4. The molecule has 10 N–H and O–H groups in total. The first-order valence-corrected chi connectivity index (χ1v) is 11.8. The summed E-state index contributed by atoms with van der Waals surface area (Å²) in [7, 11) is 0. The summed E-state index contributed by atoms with van der Waals surface area (Å²) < 4.78 is 11.6. The average Bonchev–Trinajstić information content (AvgIpc) is 2.89. The Morgan fingerprint density at radius 2 is 1.76 bits per heavy atom. The predicted molar refractivity (Wildman–Crippen MR) is 148 cm³/mol. The molecule has 1 unspecified atom stereocenters. The fourth-order valence-corrected chi connectivity index (χ4v) is 3.19. The number of amidine groups is 1. The molecular weight excluding hydrogens is 486 g/mol. The number of amides is 2. The summed E-state index contributed by atoms with van der Waals surface area (Å²) in [5, 5.41) is 10.7. The van der Waals surface area contributed by atoms with Crippen molar-refractivity contribution >= 4 is 23.3 Å². The van der Waals surface area contributed by atoms with Crippen LogP contribution >= 0.6 is 0 Å². The minimum Gasteiger partial charge on any atom is -0.490 e. The molecule has 0 spiro atoms. The standard InChI is InChI=1S/C27H35N7O4/c1-5-37-23-15-19(10-13-22(23)38-16(2)3)24(32-20-11-8-18(9-12-20)25(30)31)27(36)34-33-26(35)17(4)21(29)7-6-14-28/h6-16,24,32H,4-5,28-29H2,1-3H3,(H3,30,31)(H,33,35)(H,34,36)/b14-6-,21-7+. The summed E-state index contributed by atoms with van der Waals surface area (Å²) in [5.41, 5.74) is 23.0. The van der Waals surface area contributed by atoms with E-state index in [1.165, 1.54) is 18.4 Å². The van der Waals surface area contributed by atoms with Gasteiger partial charge in [-0.1, -0.05) is 12.6 Å². The zero-order valence-electron chi connectivity index (χ0n) is 21.7. The SMILES string of the molecule is C=C(C(=O)NNC(=O)C(Nc1ccc(C(=N)N)cc1)c1ccc(OC(C)C)c(OCC)c1)/C(N)=C\C=C/N. The molecule has 2 rings (SSSR count). The maximum absolute atomic E-state index is 13.3. The number of nitrogens with one attached hydrogen (secondary N) is 4. The third-order valence-corrected chi connectivity index (χ3v) is 5.04. The van der Waals surface area contributed by atoms with Gasteiger partial charge in [0.2, 0.25) is 0 Å². The van der Waals surface area contributed by atoms with E-state index in [1.807, 2.05) is 20.8 Å². The fraction of sp³-hybridized carbons (Fsp3) is 0.222. The lowest BCUT2D eigenvalue weighted by Gasteiger charge is -2.22. The summed E-state index contributed by atoms with van der Waals surface area (Å²) in [6.45, 7) is 9.67. The van der Waals surface area contributed by atoms with Crippen LogP contribution < -0.4 is 42.8 Å². The Hall–Kier alpha value is -4.93. The third kappa shape index (κ3) is 8.33. The lowest BCUT2D eigenvalue weighted by atomic mass is 10.0. The predicted octanol–water partition coefficient (Wildman–Crippen LogP) is 2.33. The summed E-state index contributed by atoms with van der Waals surface area (Å²) >= 11 is 0. The highest BCUT2D eigenvalue weighted by Crippen LogP contribution is 2.32. The number of anilines is 1. The van der Waals surface area contributed by atoms with E-state index in [0.29, 0.717) is 34.9 Å². The number of nitrogens with two attached hydrogens (primary N) is 3. The maximum Gasteiger partial charge on any atom is 0.271 e. The van der Waals surface area contributed by atoms with Crippen LogP contribution in [-0.2, 0) is 9.59 Å². The first kappa shape index (κ1) is 29.3. The second-order valence-corrected chi connectivity index (χ2v) is 8.30. The van der Waals surface area contributed by atoms with Crippen molar-refractivity contribution in [1.82, 2.24) is 10.9 Å². The minimum atomic E-state index is -0.966. The van der Waals surface area contributed by atoms with Crippen molar-refractivity contribution in [2.75, 3.05) is 11.9 Å². The van der Waals surface area contributed by atoms with Crippen molar-refractivity contribution in [2.45, 2.75) is 32.9 Å². The highest BCUT2D eigenvalue weighted by Gasteiger charge is 2.24. The van der Waals surface area contributed by atoms with Gasteiger partial charge in [0, 0.05) is 16.9 Å². The maximum atomic E-state index is 13.3. The van der Waals surface area contributed by atoms with Crippen LogP contribution in [0.5, 0.6) is 11.5 Å². The molecule has 0 aliphatic carbocycles. The van der Waals surface area contributed by atoms with Crippen LogP contribution in [-0.4, -0.2) is 30.4 Å². The van der Waals surface area contributed by atoms with Crippen molar-refractivity contribution in [3.8, 4) is 11.5 Å². The number of allylic oxidation sites excluding steroid dienone is 2. The fourth-order valence-electron chi connectivity index (χ4n) is 3.19. The Labute approximate surface area is 222 Å². The van der Waals surface area contributed by atoms with Gasteiger partial charge in [0.1, 0.15) is 11.9 Å². The summed E-state index contributed by atoms with van der Waals surface area (Å²) in [6, 6.07) is 10.9. The average molecular weight is 522 g/mol. The number of hydrazine groups is 1. The molecule has 2 aromatic rings. The van der Waals surface area contributed by atoms with Gasteiger partial charge in [0.05, 0.1) is 18.3 Å². The second kappa shape index (κ2) is 14.0. The van der Waals surface area contributed by atoms with Gasteiger partial charge in [-0.3, -0.25) is 25.8 Å². The molecule has 0 aliphatic rings. The van der Waals surface area contributed by atoms with Crippen LogP contribution in [0.3, 0.4) is 0 Å². The minimum absolute atomic E-state index is 0.0541. The lowest BCUT2D eigenvalue weighted by molar-refractivity contribution is -0.127. The number of benzene rings is 2. The van der Waals surface area contributed by atoms with Crippen LogP contribution in [0.15, 0.2) is 78.7 Å². The second-order valence-electron chi connectivity index (χ2n) is 8.30. The first-order chi connectivity index (χ1) is 18.1. The molecule has 0 aromatic heterocycles. The van der Waals surface area contributed by atoms with E-state index < -0.39 is 17.9 Å². The zero-order chi connectivity index (χ0) is 28.2. The van der Waals surface area contributed by atoms with E-state index in [0.717, 1.165) is 0 Å². The Balaban J connectivity index is 2.35. The number of nitrogen functional groups attached to an aromatic ring is 1. The molecule has 202 valence electrons. The van der Waals surface area contributed by atoms with Crippen LogP contribution in [0.2, 0.25) is 0 Å². The molecule has 0 saturated carbocycles. The van der Waals surface area contributed by atoms with Crippen LogP contribution in [0.1, 0.15) is 37.9 Å². The summed E-state index contributed by atoms with van der Waals surface area (Å²) in [4.78, 5) is 25.8. The van der Waals surface area contributed by atoms with Crippen LogP contribution in [0.25, 0.3) is 0 Å². The van der Waals surface area contributed by atoms with E-state index in [2.05, 4.69) is 22.7 Å². The molecule has 0 heterocycles. The molecule has 1 atom stereocenters. The molecule has 0 saturated heterocycles. The molecule has 2 aromatic carbocycles. The third-order valence-electron chi connectivity index (χ3n) is 5.04. The van der Waals surface area contributed by atoms with E-state index in [-0.39, 0.29) is 23.2 Å². The van der Waals surface area contributed by atoms with Crippen LogP contribution in [0.4, 0.5) is 5.69 Å². The van der Waals surface area contributed by atoms with Crippen molar-refractivity contribution in [2.24, 2.45) is 17.2 Å². The first-order valence-electron chi connectivity index (χ1n) is 11.8. The van der Waals surface area contributed by atoms with Gasteiger partial charge in [0.15, 0.2) is 11.5 Å². The molecule has 0 fully saturated rings. The van der Waals surface area contributed by atoms with Gasteiger partial charge in [0.25, 0.3) is 11.8 Å². The Morgan fingerprint density at radius 1 is 1.08 bits per heavy atom. The van der Waals surface area contributed by atoms with E-state index >= 15 is 0 Å². The number of ether oxygens (including phenoxy) is 2. The quantitative estimate of drug-likeness (QED) is 0.0727. The molecule has 11 nitrogen and oxygen atoms in total. The van der Waals surface area contributed by atoms with E-state index in [4.69, 9.17) is 32.1 Å². The Bertz CT molecular complexity index is 1220. The molecule has 0 bridgehead atoms. The Morgan fingerprint density at radius 3 is 2.34 bits per heavy atom. The van der Waals surface area contributed by atoms with Crippen molar-refractivity contribution < 1.29 is 19.1 Å². The molecule has 2 amide bonds. The zero-order valence-corrected chi connectivity index (χ0v) is 21.7. The smallest absolute Gasteiger partial charge is 0.271 e. The molecule has 0 radical (unpaired) electrons. The lowest BCUT2D eigenvalue weighted by Crippen LogP contribution is -2.46. The number of carbonyl (C=O) groups is 2.